The first-order valence-electron chi connectivity index (χ1n) is 6.11. The van der Waals surface area contributed by atoms with Crippen molar-refractivity contribution in [2.24, 2.45) is 17.8 Å². The molecule has 2 saturated carbocycles. The van der Waals surface area contributed by atoms with Crippen LogP contribution in [0.25, 0.3) is 0 Å². The van der Waals surface area contributed by atoms with E-state index in [-0.39, 0.29) is 0 Å². The van der Waals surface area contributed by atoms with Gasteiger partial charge in [0.25, 0.3) is 0 Å². The molecule has 2 aliphatic carbocycles. The molecule has 0 aromatic carbocycles. The summed E-state index contributed by atoms with van der Waals surface area (Å²) in [6.07, 6.45) is 9.09. The average molecular weight is 193 g/mol. The molecule has 5 unspecified atom stereocenters. The molecule has 78 valence electrons. The molecule has 2 heteroatoms. The zero-order chi connectivity index (χ0) is 9.54. The van der Waals surface area contributed by atoms with Crippen LogP contribution in [0.2, 0.25) is 0 Å². The van der Waals surface area contributed by atoms with Gasteiger partial charge in [-0.2, -0.15) is 0 Å². The van der Waals surface area contributed by atoms with Gasteiger partial charge in [-0.1, -0.05) is 12.8 Å². The van der Waals surface area contributed by atoms with Crippen molar-refractivity contribution in [2.45, 2.75) is 50.6 Å². The minimum absolute atomic E-state index is 0.376. The third-order valence-corrected chi connectivity index (χ3v) is 4.69. The Labute approximate surface area is 85.4 Å². The summed E-state index contributed by atoms with van der Waals surface area (Å²) >= 11 is 0. The maximum absolute atomic E-state index is 11.0. The van der Waals surface area contributed by atoms with Crippen LogP contribution >= 0.6 is 0 Å². The Morgan fingerprint density at radius 3 is 2.71 bits per heavy atom. The third-order valence-electron chi connectivity index (χ3n) is 4.69. The summed E-state index contributed by atoms with van der Waals surface area (Å²) in [6, 6.07) is 1.43. The van der Waals surface area contributed by atoms with Crippen molar-refractivity contribution < 1.29 is 4.79 Å². The number of hydrogen-bond acceptors (Lipinski definition) is 2. The van der Waals surface area contributed by atoms with Gasteiger partial charge in [0.2, 0.25) is 0 Å². The lowest BCUT2D eigenvalue weighted by Gasteiger charge is -2.29. The fourth-order valence-electron chi connectivity index (χ4n) is 4.13. The second kappa shape index (κ2) is 3.34. The first-order chi connectivity index (χ1) is 6.90. The van der Waals surface area contributed by atoms with E-state index in [2.05, 4.69) is 5.32 Å². The maximum atomic E-state index is 11.0. The Morgan fingerprint density at radius 1 is 1.00 bits per heavy atom. The van der Waals surface area contributed by atoms with Gasteiger partial charge < -0.3 is 10.1 Å². The molecule has 3 fully saturated rings. The lowest BCUT2D eigenvalue weighted by atomic mass is 9.75. The van der Waals surface area contributed by atoms with E-state index in [1.165, 1.54) is 38.4 Å². The summed E-state index contributed by atoms with van der Waals surface area (Å²) in [5, 5.41) is 3.76. The van der Waals surface area contributed by atoms with E-state index < -0.39 is 0 Å². The zero-order valence-corrected chi connectivity index (χ0v) is 8.61. The minimum atomic E-state index is 0.376. The summed E-state index contributed by atoms with van der Waals surface area (Å²) in [4.78, 5) is 11.0. The molecule has 0 amide bonds. The van der Waals surface area contributed by atoms with E-state index in [4.69, 9.17) is 0 Å². The molecule has 1 heterocycles. The van der Waals surface area contributed by atoms with Crippen LogP contribution in [0.3, 0.4) is 0 Å². The summed E-state index contributed by atoms with van der Waals surface area (Å²) in [7, 11) is 0. The van der Waals surface area contributed by atoms with Gasteiger partial charge in [-0.15, -0.1) is 0 Å². The molecule has 3 rings (SSSR count). The van der Waals surface area contributed by atoms with E-state index >= 15 is 0 Å². The summed E-state index contributed by atoms with van der Waals surface area (Å²) in [5.41, 5.74) is 0. The Morgan fingerprint density at radius 2 is 1.86 bits per heavy atom. The number of fused-ring (bicyclic) bond motifs is 3. The molecular formula is C12H19NO. The van der Waals surface area contributed by atoms with Crippen molar-refractivity contribution in [3.8, 4) is 0 Å². The quantitative estimate of drug-likeness (QED) is 0.643. The highest BCUT2D eigenvalue weighted by atomic mass is 16.1. The van der Waals surface area contributed by atoms with Gasteiger partial charge in [0.05, 0.1) is 0 Å². The van der Waals surface area contributed by atoms with Crippen LogP contribution in [0.15, 0.2) is 0 Å². The number of carbonyl (C=O) groups excluding carboxylic acids is 1. The number of nitrogens with one attached hydrogen (secondary N) is 1. The monoisotopic (exact) mass is 193 g/mol. The van der Waals surface area contributed by atoms with E-state index in [0.717, 1.165) is 18.4 Å². The van der Waals surface area contributed by atoms with Crippen LogP contribution in [0.4, 0.5) is 0 Å². The first-order valence-corrected chi connectivity index (χ1v) is 6.11. The predicted molar refractivity (Wildman–Crippen MR) is 54.9 cm³/mol. The van der Waals surface area contributed by atoms with Gasteiger partial charge in [-0.05, 0) is 37.5 Å². The zero-order valence-electron chi connectivity index (χ0n) is 8.61. The molecule has 1 N–H and O–H groups in total. The van der Waals surface area contributed by atoms with Crippen LogP contribution in [0.5, 0.6) is 0 Å². The molecule has 3 aliphatic rings. The number of rotatable bonds is 1. The van der Waals surface area contributed by atoms with E-state index in [9.17, 15) is 4.79 Å². The third kappa shape index (κ3) is 1.16. The minimum Gasteiger partial charge on any atom is -0.311 e. The molecule has 0 spiro atoms. The normalized spacial score (nSPS) is 51.3. The van der Waals surface area contributed by atoms with Crippen LogP contribution in [-0.2, 0) is 4.79 Å². The molecule has 0 bridgehead atoms. The summed E-state index contributed by atoms with van der Waals surface area (Å²) < 4.78 is 0. The highest BCUT2D eigenvalue weighted by Crippen LogP contribution is 2.47. The number of hydrogen-bond donors (Lipinski definition) is 1. The topological polar surface area (TPSA) is 29.1 Å². The van der Waals surface area contributed by atoms with E-state index in [1.807, 2.05) is 0 Å². The second-order valence-corrected chi connectivity index (χ2v) is 5.28. The van der Waals surface area contributed by atoms with Crippen molar-refractivity contribution in [2.75, 3.05) is 0 Å². The Bertz CT molecular complexity index is 240. The molecule has 0 radical (unpaired) electrons. The van der Waals surface area contributed by atoms with Gasteiger partial charge in [0, 0.05) is 18.0 Å². The van der Waals surface area contributed by atoms with Crippen molar-refractivity contribution in [1.29, 1.82) is 0 Å². The van der Waals surface area contributed by atoms with Gasteiger partial charge >= 0.3 is 0 Å². The molecule has 2 nitrogen and oxygen atoms in total. The molecular weight excluding hydrogens is 174 g/mol. The number of carbonyl (C=O) groups is 1. The Kier molecular flexibility index (Phi) is 2.12. The van der Waals surface area contributed by atoms with Crippen molar-refractivity contribution in [3.05, 3.63) is 0 Å². The van der Waals surface area contributed by atoms with Gasteiger partial charge in [-0.25, -0.2) is 0 Å². The first kappa shape index (κ1) is 8.90. The van der Waals surface area contributed by atoms with Crippen LogP contribution in [0.1, 0.15) is 38.5 Å². The molecule has 0 aromatic rings. The van der Waals surface area contributed by atoms with Crippen LogP contribution in [-0.4, -0.2) is 18.4 Å². The van der Waals surface area contributed by atoms with Crippen molar-refractivity contribution in [1.82, 2.24) is 5.32 Å². The van der Waals surface area contributed by atoms with Crippen LogP contribution in [0, 0.1) is 17.8 Å². The van der Waals surface area contributed by atoms with Gasteiger partial charge in [0.15, 0.2) is 0 Å². The predicted octanol–water partition coefficient (Wildman–Crippen LogP) is 1.74. The molecule has 14 heavy (non-hydrogen) atoms. The highest BCUT2D eigenvalue weighted by Gasteiger charge is 2.49. The summed E-state index contributed by atoms with van der Waals surface area (Å²) in [5.74, 6) is 1.89. The lowest BCUT2D eigenvalue weighted by molar-refractivity contribution is -0.112. The molecule has 0 aromatic heterocycles. The van der Waals surface area contributed by atoms with E-state index in [1.54, 1.807) is 0 Å². The Hall–Kier alpha value is -0.370. The standard InChI is InChI=1S/C12H19NO/c14-7-8-5-6-11-12(8)9-3-1-2-4-10(9)13-11/h7-13H,1-6H2. The molecule has 5 atom stereocenters. The molecule has 1 saturated heterocycles. The molecule has 1 aliphatic heterocycles. The second-order valence-electron chi connectivity index (χ2n) is 5.28. The SMILES string of the molecule is O=CC1CCC2NC3CCCCC3C12. The van der Waals surface area contributed by atoms with Crippen molar-refractivity contribution >= 4 is 6.29 Å². The summed E-state index contributed by atoms with van der Waals surface area (Å²) in [6.45, 7) is 0. The van der Waals surface area contributed by atoms with Crippen LogP contribution < -0.4 is 5.32 Å². The fraction of sp³-hybridized carbons (Fsp3) is 0.917. The lowest BCUT2D eigenvalue weighted by Crippen LogP contribution is -2.33. The van der Waals surface area contributed by atoms with E-state index in [0.29, 0.717) is 17.9 Å². The average Bonchev–Trinajstić information content (AvgIpc) is 2.75. The van der Waals surface area contributed by atoms with Gasteiger partial charge in [-0.3, -0.25) is 0 Å². The largest absolute Gasteiger partial charge is 0.311 e. The Balaban J connectivity index is 1.82. The van der Waals surface area contributed by atoms with Gasteiger partial charge in [0.1, 0.15) is 6.29 Å². The highest BCUT2D eigenvalue weighted by molar-refractivity contribution is 5.55. The number of aldehydes is 1. The maximum Gasteiger partial charge on any atom is 0.123 e. The van der Waals surface area contributed by atoms with Crippen molar-refractivity contribution in [3.63, 3.8) is 0 Å². The fourth-order valence-corrected chi connectivity index (χ4v) is 4.13. The smallest absolute Gasteiger partial charge is 0.123 e.